The molecule has 0 spiro atoms. The van der Waals surface area contributed by atoms with E-state index in [0.29, 0.717) is 0 Å². The van der Waals surface area contributed by atoms with Crippen LogP contribution in [-0.4, -0.2) is 23.1 Å². The number of nitrogens with zero attached hydrogens (tertiary/aromatic N) is 2. The Hall–Kier alpha value is -1.51. The van der Waals surface area contributed by atoms with E-state index >= 15 is 0 Å². The first-order valence-corrected chi connectivity index (χ1v) is 8.02. The molecule has 110 valence electrons. The minimum absolute atomic E-state index is 1.02. The van der Waals surface area contributed by atoms with E-state index in [0.717, 1.165) is 43.8 Å². The molecular weight excluding hydrogens is 246 g/mol. The number of aromatic amines is 1. The summed E-state index contributed by atoms with van der Waals surface area (Å²) in [5.74, 6) is 1.02. The maximum absolute atomic E-state index is 4.74. The fourth-order valence-corrected chi connectivity index (χ4v) is 2.59. The van der Waals surface area contributed by atoms with Gasteiger partial charge in [-0.25, -0.2) is 4.98 Å². The van der Waals surface area contributed by atoms with Crippen molar-refractivity contribution in [1.82, 2.24) is 9.97 Å². The topological polar surface area (TPSA) is 31.9 Å². The third kappa shape index (κ3) is 3.53. The molecule has 0 saturated carbocycles. The zero-order chi connectivity index (χ0) is 14.4. The van der Waals surface area contributed by atoms with Gasteiger partial charge in [0.1, 0.15) is 0 Å². The van der Waals surface area contributed by atoms with Gasteiger partial charge in [0, 0.05) is 13.1 Å². The molecule has 0 radical (unpaired) electrons. The molecule has 1 aromatic carbocycles. The first-order valence-electron chi connectivity index (χ1n) is 8.02. The van der Waals surface area contributed by atoms with Gasteiger partial charge in [-0.1, -0.05) is 33.3 Å². The third-order valence-corrected chi connectivity index (χ3v) is 3.64. The normalized spacial score (nSPS) is 11.2. The van der Waals surface area contributed by atoms with Crippen LogP contribution in [0.3, 0.4) is 0 Å². The Morgan fingerprint density at radius 2 is 1.80 bits per heavy atom. The molecule has 1 aromatic heterocycles. The van der Waals surface area contributed by atoms with Gasteiger partial charge in [-0.3, -0.25) is 0 Å². The van der Waals surface area contributed by atoms with Gasteiger partial charge in [-0.15, -0.1) is 0 Å². The van der Waals surface area contributed by atoms with Crippen LogP contribution in [0.25, 0.3) is 11.0 Å². The van der Waals surface area contributed by atoms with Crippen LogP contribution in [0.2, 0.25) is 0 Å². The van der Waals surface area contributed by atoms with Crippen molar-refractivity contribution in [1.29, 1.82) is 0 Å². The van der Waals surface area contributed by atoms with Crippen molar-refractivity contribution in [3.05, 3.63) is 23.8 Å². The average Bonchev–Trinajstić information content (AvgIpc) is 2.87. The van der Waals surface area contributed by atoms with Gasteiger partial charge in [0.25, 0.3) is 0 Å². The molecule has 0 fully saturated rings. The largest absolute Gasteiger partial charge is 0.342 e. The fourth-order valence-electron chi connectivity index (χ4n) is 2.59. The van der Waals surface area contributed by atoms with Crippen molar-refractivity contribution in [3.63, 3.8) is 0 Å². The Kier molecular flexibility index (Phi) is 5.45. The lowest BCUT2D eigenvalue weighted by Gasteiger charge is -2.20. The zero-order valence-corrected chi connectivity index (χ0v) is 13.1. The molecule has 0 aliphatic heterocycles. The zero-order valence-electron chi connectivity index (χ0n) is 13.1. The van der Waals surface area contributed by atoms with Crippen molar-refractivity contribution < 1.29 is 0 Å². The lowest BCUT2D eigenvalue weighted by molar-refractivity contribution is 0.727. The summed E-state index contributed by atoms with van der Waals surface area (Å²) in [4.78, 5) is 10.6. The quantitative estimate of drug-likeness (QED) is 0.766. The van der Waals surface area contributed by atoms with E-state index in [1.807, 2.05) is 0 Å². The van der Waals surface area contributed by atoms with Gasteiger partial charge in [0.05, 0.1) is 11.0 Å². The number of unbranched alkanes of at least 4 members (excludes halogenated alkanes) is 1. The molecule has 0 atom stereocenters. The summed E-state index contributed by atoms with van der Waals surface area (Å²) in [7, 11) is 0. The van der Waals surface area contributed by atoms with Gasteiger partial charge in [0.15, 0.2) is 0 Å². The van der Waals surface area contributed by atoms with Crippen LogP contribution in [0, 0.1) is 0 Å². The molecular formula is C17H27N3. The van der Waals surface area contributed by atoms with Crippen LogP contribution >= 0.6 is 0 Å². The highest BCUT2D eigenvalue weighted by molar-refractivity contribution is 5.78. The number of aryl methyl sites for hydroxylation is 1. The van der Waals surface area contributed by atoms with Crippen LogP contribution < -0.4 is 4.90 Å². The predicted molar refractivity (Wildman–Crippen MR) is 87.5 cm³/mol. The highest BCUT2D eigenvalue weighted by Crippen LogP contribution is 2.20. The smallest absolute Gasteiger partial charge is 0.203 e. The Balaban J connectivity index is 2.22. The number of hydrogen-bond acceptors (Lipinski definition) is 2. The monoisotopic (exact) mass is 273 g/mol. The van der Waals surface area contributed by atoms with E-state index in [1.165, 1.54) is 23.9 Å². The first kappa shape index (κ1) is 14.9. The molecule has 2 aromatic rings. The number of benzene rings is 1. The van der Waals surface area contributed by atoms with E-state index in [-0.39, 0.29) is 0 Å². The van der Waals surface area contributed by atoms with Crippen LogP contribution in [0.15, 0.2) is 18.2 Å². The summed E-state index contributed by atoms with van der Waals surface area (Å²) in [6.07, 6.45) is 5.96. The summed E-state index contributed by atoms with van der Waals surface area (Å²) in [6.45, 7) is 8.80. The minimum Gasteiger partial charge on any atom is -0.342 e. The van der Waals surface area contributed by atoms with E-state index < -0.39 is 0 Å². The van der Waals surface area contributed by atoms with Crippen molar-refractivity contribution >= 4 is 17.0 Å². The van der Waals surface area contributed by atoms with Gasteiger partial charge < -0.3 is 9.88 Å². The molecule has 3 heteroatoms. The highest BCUT2D eigenvalue weighted by atomic mass is 15.3. The van der Waals surface area contributed by atoms with Crippen LogP contribution in [0.4, 0.5) is 5.95 Å². The number of aromatic nitrogens is 2. The van der Waals surface area contributed by atoms with Crippen molar-refractivity contribution in [2.75, 3.05) is 18.0 Å². The van der Waals surface area contributed by atoms with Gasteiger partial charge >= 0.3 is 0 Å². The molecule has 20 heavy (non-hydrogen) atoms. The summed E-state index contributed by atoms with van der Waals surface area (Å²) in [6, 6.07) is 6.63. The summed E-state index contributed by atoms with van der Waals surface area (Å²) in [5.41, 5.74) is 3.66. The van der Waals surface area contributed by atoms with Crippen molar-refractivity contribution in [2.45, 2.75) is 52.9 Å². The summed E-state index contributed by atoms with van der Waals surface area (Å²) < 4.78 is 0. The number of fused-ring (bicyclic) bond motifs is 1. The highest BCUT2D eigenvalue weighted by Gasteiger charge is 2.10. The standard InChI is InChI=1S/C17H27N3/c1-4-7-8-14-9-10-15-16(13-14)19-17(18-15)20(11-5-2)12-6-3/h9-10,13H,4-8,11-12H2,1-3H3,(H,18,19). The molecule has 3 nitrogen and oxygen atoms in total. The predicted octanol–water partition coefficient (Wildman–Crippen LogP) is 4.53. The molecule has 0 amide bonds. The molecule has 0 aliphatic rings. The van der Waals surface area contributed by atoms with E-state index in [9.17, 15) is 0 Å². The average molecular weight is 273 g/mol. The molecule has 1 N–H and O–H groups in total. The number of H-pyrrole nitrogens is 1. The van der Waals surface area contributed by atoms with Crippen LogP contribution in [-0.2, 0) is 6.42 Å². The van der Waals surface area contributed by atoms with Crippen molar-refractivity contribution in [2.24, 2.45) is 0 Å². The maximum Gasteiger partial charge on any atom is 0.203 e. The Labute approximate surface area is 122 Å². The first-order chi connectivity index (χ1) is 9.78. The lowest BCUT2D eigenvalue weighted by Crippen LogP contribution is -2.25. The second-order valence-electron chi connectivity index (χ2n) is 5.50. The van der Waals surface area contributed by atoms with E-state index in [4.69, 9.17) is 4.98 Å². The molecule has 1 heterocycles. The third-order valence-electron chi connectivity index (χ3n) is 3.64. The minimum atomic E-state index is 1.02. The van der Waals surface area contributed by atoms with Gasteiger partial charge in [-0.05, 0) is 43.4 Å². The second-order valence-corrected chi connectivity index (χ2v) is 5.50. The SMILES string of the molecule is CCCCc1ccc2nc(N(CCC)CCC)[nH]c2c1. The Morgan fingerprint density at radius 1 is 1.05 bits per heavy atom. The summed E-state index contributed by atoms with van der Waals surface area (Å²) >= 11 is 0. The maximum atomic E-state index is 4.74. The van der Waals surface area contributed by atoms with Crippen molar-refractivity contribution in [3.8, 4) is 0 Å². The number of rotatable bonds is 8. The number of hydrogen-bond donors (Lipinski definition) is 1. The lowest BCUT2D eigenvalue weighted by atomic mass is 10.1. The Bertz CT molecular complexity index is 524. The number of imidazole rings is 1. The van der Waals surface area contributed by atoms with E-state index in [1.54, 1.807) is 0 Å². The number of anilines is 1. The second kappa shape index (κ2) is 7.32. The van der Waals surface area contributed by atoms with Gasteiger partial charge in [0.2, 0.25) is 5.95 Å². The molecule has 0 saturated heterocycles. The van der Waals surface area contributed by atoms with Crippen LogP contribution in [0.1, 0.15) is 52.0 Å². The molecule has 0 bridgehead atoms. The molecule has 2 rings (SSSR count). The van der Waals surface area contributed by atoms with E-state index in [2.05, 4.69) is 48.9 Å². The number of nitrogens with one attached hydrogen (secondary N) is 1. The van der Waals surface area contributed by atoms with Gasteiger partial charge in [-0.2, -0.15) is 0 Å². The molecule has 0 aliphatic carbocycles. The summed E-state index contributed by atoms with van der Waals surface area (Å²) in [5, 5.41) is 0. The Morgan fingerprint density at radius 3 is 2.45 bits per heavy atom. The van der Waals surface area contributed by atoms with Crippen LogP contribution in [0.5, 0.6) is 0 Å². The fraction of sp³-hybridized carbons (Fsp3) is 0.588. The molecule has 0 unspecified atom stereocenters.